The van der Waals surface area contributed by atoms with E-state index in [2.05, 4.69) is 4.89 Å². The number of hydrogen-bond acceptors (Lipinski definition) is 11. The predicted octanol–water partition coefficient (Wildman–Crippen LogP) is -4.86. The SMILES string of the molecule is N[C@@H]1OOC(CO[C@H]2OC(CO)[C@H](O)C(O)C2O)[C@@H](O)C1O. The van der Waals surface area contributed by atoms with Crippen molar-refractivity contribution < 1.29 is 49.9 Å². The molecule has 2 rings (SSSR count). The molecule has 130 valence electrons. The van der Waals surface area contributed by atoms with Crippen molar-refractivity contribution in [1.29, 1.82) is 0 Å². The first kappa shape index (κ1) is 17.9. The molecule has 0 aromatic heterocycles. The fourth-order valence-corrected chi connectivity index (χ4v) is 2.18. The summed E-state index contributed by atoms with van der Waals surface area (Å²) in [7, 11) is 0. The van der Waals surface area contributed by atoms with Crippen molar-refractivity contribution in [3.05, 3.63) is 0 Å². The van der Waals surface area contributed by atoms with Gasteiger partial charge in [0.1, 0.15) is 42.7 Å². The molecule has 2 aliphatic rings. The second kappa shape index (κ2) is 7.42. The number of aliphatic hydroxyl groups is 6. The third-order valence-corrected chi connectivity index (χ3v) is 3.63. The van der Waals surface area contributed by atoms with Crippen LogP contribution < -0.4 is 5.73 Å². The van der Waals surface area contributed by atoms with E-state index >= 15 is 0 Å². The van der Waals surface area contributed by atoms with Crippen LogP contribution in [0.15, 0.2) is 0 Å². The molecule has 0 amide bonds. The Hall–Kier alpha value is -0.440. The Kier molecular flexibility index (Phi) is 6.04. The summed E-state index contributed by atoms with van der Waals surface area (Å²) in [6.07, 6.45) is -12.3. The van der Waals surface area contributed by atoms with Crippen LogP contribution in [-0.4, -0.2) is 99.1 Å². The Morgan fingerprint density at radius 3 is 2.09 bits per heavy atom. The second-order valence-electron chi connectivity index (χ2n) is 5.21. The Balaban J connectivity index is 1.90. The van der Waals surface area contributed by atoms with Gasteiger partial charge in [0.25, 0.3) is 0 Å². The van der Waals surface area contributed by atoms with Gasteiger partial charge in [0.15, 0.2) is 12.5 Å². The lowest BCUT2D eigenvalue weighted by atomic mass is 9.99. The van der Waals surface area contributed by atoms with Gasteiger partial charge < -0.3 is 45.8 Å². The lowest BCUT2D eigenvalue weighted by molar-refractivity contribution is -0.421. The van der Waals surface area contributed by atoms with E-state index in [1.807, 2.05) is 0 Å². The Morgan fingerprint density at radius 1 is 0.818 bits per heavy atom. The van der Waals surface area contributed by atoms with E-state index in [-0.39, 0.29) is 6.61 Å². The highest BCUT2D eigenvalue weighted by atomic mass is 17.2. The van der Waals surface area contributed by atoms with Crippen LogP contribution in [0.2, 0.25) is 0 Å². The van der Waals surface area contributed by atoms with Crippen molar-refractivity contribution >= 4 is 0 Å². The minimum atomic E-state index is -1.58. The maximum absolute atomic E-state index is 9.77. The normalized spacial score (nSPS) is 50.0. The molecule has 2 saturated heterocycles. The van der Waals surface area contributed by atoms with Crippen molar-refractivity contribution in [3.63, 3.8) is 0 Å². The monoisotopic (exact) mass is 327 g/mol. The first-order valence-electron chi connectivity index (χ1n) is 6.72. The van der Waals surface area contributed by atoms with E-state index in [4.69, 9.17) is 25.2 Å². The quantitative estimate of drug-likeness (QED) is 0.246. The average Bonchev–Trinajstić information content (AvgIpc) is 2.51. The van der Waals surface area contributed by atoms with Crippen LogP contribution in [0.5, 0.6) is 0 Å². The van der Waals surface area contributed by atoms with Gasteiger partial charge in [-0.2, -0.15) is 0 Å². The zero-order chi connectivity index (χ0) is 16.4. The predicted molar refractivity (Wildman–Crippen MR) is 65.7 cm³/mol. The van der Waals surface area contributed by atoms with Gasteiger partial charge in [-0.3, -0.25) is 0 Å². The first-order valence-corrected chi connectivity index (χ1v) is 6.72. The van der Waals surface area contributed by atoms with Crippen molar-refractivity contribution in [3.8, 4) is 0 Å². The molecule has 0 radical (unpaired) electrons. The van der Waals surface area contributed by atoms with Gasteiger partial charge >= 0.3 is 0 Å². The summed E-state index contributed by atoms with van der Waals surface area (Å²) in [5.41, 5.74) is 5.31. The van der Waals surface area contributed by atoms with E-state index in [0.717, 1.165) is 0 Å². The van der Waals surface area contributed by atoms with Crippen LogP contribution in [0.3, 0.4) is 0 Å². The van der Waals surface area contributed by atoms with Gasteiger partial charge in [-0.15, -0.1) is 0 Å². The molecule has 2 heterocycles. The molecule has 5 unspecified atom stereocenters. The van der Waals surface area contributed by atoms with E-state index in [9.17, 15) is 25.5 Å². The van der Waals surface area contributed by atoms with Crippen LogP contribution >= 0.6 is 0 Å². The van der Waals surface area contributed by atoms with Crippen LogP contribution in [0.25, 0.3) is 0 Å². The van der Waals surface area contributed by atoms with Crippen molar-refractivity contribution in [2.45, 2.75) is 55.2 Å². The van der Waals surface area contributed by atoms with E-state index < -0.39 is 61.9 Å². The number of ether oxygens (including phenoxy) is 2. The van der Waals surface area contributed by atoms with Gasteiger partial charge in [0, 0.05) is 0 Å². The standard InChI is InChI=1S/C11H21NO10/c12-10-8(17)6(15)4(21-22-10)2-19-11-9(18)7(16)5(14)3(1-13)20-11/h3-11,13-18H,1-2,12H2/t3?,4?,5-,6+,7?,8?,9?,10+,11-/m0/s1. The van der Waals surface area contributed by atoms with Gasteiger partial charge in [-0.05, 0) is 0 Å². The van der Waals surface area contributed by atoms with E-state index in [1.54, 1.807) is 0 Å². The molecule has 2 fully saturated rings. The fraction of sp³-hybridized carbons (Fsp3) is 1.00. The number of aliphatic hydroxyl groups excluding tert-OH is 6. The van der Waals surface area contributed by atoms with Crippen LogP contribution in [0.1, 0.15) is 0 Å². The number of nitrogens with two attached hydrogens (primary N) is 1. The summed E-state index contributed by atoms with van der Waals surface area (Å²) in [5.74, 6) is 0. The summed E-state index contributed by atoms with van der Waals surface area (Å²) in [5, 5.41) is 57.3. The molecule has 0 aromatic carbocycles. The van der Waals surface area contributed by atoms with Crippen LogP contribution in [0.4, 0.5) is 0 Å². The molecule has 0 aromatic rings. The lowest BCUT2D eigenvalue weighted by Gasteiger charge is -2.40. The van der Waals surface area contributed by atoms with Gasteiger partial charge in [-0.25, -0.2) is 9.78 Å². The average molecular weight is 327 g/mol. The van der Waals surface area contributed by atoms with Crippen LogP contribution in [-0.2, 0) is 19.2 Å². The van der Waals surface area contributed by atoms with Gasteiger partial charge in [-0.1, -0.05) is 0 Å². The second-order valence-corrected chi connectivity index (χ2v) is 5.21. The molecule has 0 aliphatic carbocycles. The molecule has 2 aliphatic heterocycles. The topological polar surface area (TPSA) is 184 Å². The summed E-state index contributed by atoms with van der Waals surface area (Å²) in [6, 6.07) is 0. The minimum absolute atomic E-state index is 0.367. The van der Waals surface area contributed by atoms with Crippen molar-refractivity contribution in [2.75, 3.05) is 13.2 Å². The zero-order valence-electron chi connectivity index (χ0n) is 11.5. The third-order valence-electron chi connectivity index (χ3n) is 3.63. The maximum atomic E-state index is 9.77. The zero-order valence-corrected chi connectivity index (χ0v) is 11.5. The molecule has 0 bridgehead atoms. The fourth-order valence-electron chi connectivity index (χ4n) is 2.18. The maximum Gasteiger partial charge on any atom is 0.186 e. The summed E-state index contributed by atoms with van der Waals surface area (Å²) in [6.45, 7) is -0.961. The highest BCUT2D eigenvalue weighted by Gasteiger charge is 2.45. The van der Waals surface area contributed by atoms with Crippen molar-refractivity contribution in [2.24, 2.45) is 5.73 Å². The highest BCUT2D eigenvalue weighted by Crippen LogP contribution is 2.23. The van der Waals surface area contributed by atoms with E-state index in [1.165, 1.54) is 0 Å². The van der Waals surface area contributed by atoms with Gasteiger partial charge in [0.05, 0.1) is 13.2 Å². The largest absolute Gasteiger partial charge is 0.394 e. The lowest BCUT2D eigenvalue weighted by Crippen LogP contribution is -2.60. The molecule has 11 heteroatoms. The smallest absolute Gasteiger partial charge is 0.186 e. The van der Waals surface area contributed by atoms with Crippen LogP contribution in [0, 0.1) is 0 Å². The van der Waals surface area contributed by atoms with E-state index in [0.29, 0.717) is 0 Å². The summed E-state index contributed by atoms with van der Waals surface area (Å²) >= 11 is 0. The Bertz CT molecular complexity index is 358. The summed E-state index contributed by atoms with van der Waals surface area (Å²) in [4.78, 5) is 9.32. The van der Waals surface area contributed by atoms with Crippen molar-refractivity contribution in [1.82, 2.24) is 0 Å². The van der Waals surface area contributed by atoms with Gasteiger partial charge in [0.2, 0.25) is 0 Å². The molecular weight excluding hydrogens is 306 g/mol. The molecule has 11 nitrogen and oxygen atoms in total. The molecule has 0 spiro atoms. The Labute approximate surface area is 125 Å². The minimum Gasteiger partial charge on any atom is -0.394 e. The number of rotatable bonds is 4. The molecule has 0 saturated carbocycles. The Morgan fingerprint density at radius 2 is 1.45 bits per heavy atom. The first-order chi connectivity index (χ1) is 10.4. The molecule has 22 heavy (non-hydrogen) atoms. The summed E-state index contributed by atoms with van der Waals surface area (Å²) < 4.78 is 10.3. The molecule has 9 atom stereocenters. The highest BCUT2D eigenvalue weighted by molar-refractivity contribution is 4.89. The molecule has 8 N–H and O–H groups in total. The third kappa shape index (κ3) is 3.55. The molecular formula is C11H21NO10. The number of hydrogen-bond donors (Lipinski definition) is 7.